The van der Waals surface area contributed by atoms with Gasteiger partial charge in [0.25, 0.3) is 0 Å². The first-order valence-electron chi connectivity index (χ1n) is 4.05. The maximum atomic E-state index is 5.85. The van der Waals surface area contributed by atoms with E-state index in [0.29, 0.717) is 11.8 Å². The number of hydrogen-bond acceptors (Lipinski definition) is 2. The summed E-state index contributed by atoms with van der Waals surface area (Å²) in [6.45, 7) is 6.12. The molecular weight excluding hydrogens is 126 g/mol. The Balaban J connectivity index is 2.40. The topological polar surface area (TPSA) is 35.2 Å². The van der Waals surface area contributed by atoms with Crippen LogP contribution < -0.4 is 5.73 Å². The maximum absolute atomic E-state index is 5.85. The highest BCUT2D eigenvalue weighted by Crippen LogP contribution is 2.21. The minimum atomic E-state index is 0.272. The smallest absolute Gasteiger partial charge is 0.0620 e. The third-order valence-electron chi connectivity index (χ3n) is 2.31. The van der Waals surface area contributed by atoms with E-state index in [2.05, 4.69) is 13.8 Å². The number of rotatable bonds is 1. The normalized spacial score (nSPS) is 34.8. The van der Waals surface area contributed by atoms with Gasteiger partial charge in [-0.2, -0.15) is 0 Å². The zero-order valence-electron chi connectivity index (χ0n) is 6.84. The zero-order chi connectivity index (χ0) is 7.56. The Kier molecular flexibility index (Phi) is 2.69. The van der Waals surface area contributed by atoms with Gasteiger partial charge in [-0.05, 0) is 18.3 Å². The monoisotopic (exact) mass is 143 g/mol. The molecule has 0 aromatic rings. The average Bonchev–Trinajstić information content (AvgIpc) is 1.88. The maximum Gasteiger partial charge on any atom is 0.0620 e. The van der Waals surface area contributed by atoms with Crippen molar-refractivity contribution in [2.75, 3.05) is 13.2 Å². The van der Waals surface area contributed by atoms with Crippen LogP contribution >= 0.6 is 0 Å². The van der Waals surface area contributed by atoms with E-state index >= 15 is 0 Å². The van der Waals surface area contributed by atoms with Crippen LogP contribution in [0.2, 0.25) is 0 Å². The molecule has 1 heterocycles. The molecule has 2 nitrogen and oxygen atoms in total. The second-order valence-corrected chi connectivity index (χ2v) is 3.44. The van der Waals surface area contributed by atoms with Crippen LogP contribution in [0.25, 0.3) is 0 Å². The third-order valence-corrected chi connectivity index (χ3v) is 2.31. The van der Waals surface area contributed by atoms with Crippen LogP contribution in [0.5, 0.6) is 0 Å². The highest BCUT2D eigenvalue weighted by molar-refractivity contribution is 4.78. The predicted molar refractivity (Wildman–Crippen MR) is 41.7 cm³/mol. The third kappa shape index (κ3) is 1.70. The summed E-state index contributed by atoms with van der Waals surface area (Å²) in [4.78, 5) is 0. The Morgan fingerprint density at radius 2 is 2.20 bits per heavy atom. The van der Waals surface area contributed by atoms with Crippen LogP contribution in [0, 0.1) is 11.8 Å². The summed E-state index contributed by atoms with van der Waals surface area (Å²) in [6.07, 6.45) is 1.14. The lowest BCUT2D eigenvalue weighted by Crippen LogP contribution is -2.41. The Morgan fingerprint density at radius 3 is 2.60 bits per heavy atom. The minimum Gasteiger partial charge on any atom is -0.380 e. The lowest BCUT2D eigenvalue weighted by atomic mass is 9.85. The van der Waals surface area contributed by atoms with Crippen molar-refractivity contribution in [1.29, 1.82) is 0 Å². The molecule has 10 heavy (non-hydrogen) atoms. The van der Waals surface area contributed by atoms with E-state index < -0.39 is 0 Å². The summed E-state index contributed by atoms with van der Waals surface area (Å²) in [5.41, 5.74) is 5.85. The molecule has 0 aromatic heterocycles. The molecule has 0 radical (unpaired) electrons. The first kappa shape index (κ1) is 8.02. The summed E-state index contributed by atoms with van der Waals surface area (Å²) in [5, 5.41) is 0. The van der Waals surface area contributed by atoms with Crippen molar-refractivity contribution in [3.8, 4) is 0 Å². The van der Waals surface area contributed by atoms with Crippen molar-refractivity contribution in [2.24, 2.45) is 17.6 Å². The second kappa shape index (κ2) is 3.35. The molecule has 0 bridgehead atoms. The van der Waals surface area contributed by atoms with Gasteiger partial charge in [-0.25, -0.2) is 0 Å². The van der Waals surface area contributed by atoms with Crippen LogP contribution in [0.1, 0.15) is 20.3 Å². The molecule has 1 fully saturated rings. The van der Waals surface area contributed by atoms with Crippen LogP contribution in [0.4, 0.5) is 0 Å². The van der Waals surface area contributed by atoms with Gasteiger partial charge in [-0.15, -0.1) is 0 Å². The zero-order valence-corrected chi connectivity index (χ0v) is 6.84. The Morgan fingerprint density at radius 1 is 1.50 bits per heavy atom. The van der Waals surface area contributed by atoms with E-state index in [1.807, 2.05) is 0 Å². The SMILES string of the molecule is CC(C)[C@H]1CCOC[C@H]1N. The first-order valence-corrected chi connectivity index (χ1v) is 4.05. The van der Waals surface area contributed by atoms with Crippen molar-refractivity contribution in [2.45, 2.75) is 26.3 Å². The van der Waals surface area contributed by atoms with Gasteiger partial charge in [-0.1, -0.05) is 13.8 Å². The highest BCUT2D eigenvalue weighted by Gasteiger charge is 2.24. The van der Waals surface area contributed by atoms with Crippen molar-refractivity contribution in [3.63, 3.8) is 0 Å². The molecule has 1 aliphatic heterocycles. The van der Waals surface area contributed by atoms with Gasteiger partial charge in [0, 0.05) is 12.6 Å². The molecule has 0 aliphatic carbocycles. The lowest BCUT2D eigenvalue weighted by molar-refractivity contribution is 0.0344. The predicted octanol–water partition coefficient (Wildman–Crippen LogP) is 1.01. The van der Waals surface area contributed by atoms with E-state index in [0.717, 1.165) is 19.6 Å². The molecule has 0 amide bonds. The molecular formula is C8H17NO. The molecule has 0 spiro atoms. The Labute approximate surface area is 62.7 Å². The van der Waals surface area contributed by atoms with Gasteiger partial charge < -0.3 is 10.5 Å². The standard InChI is InChI=1S/C8H17NO/c1-6(2)7-3-4-10-5-8(7)9/h6-8H,3-5,9H2,1-2H3/t7-,8-/m1/s1. The second-order valence-electron chi connectivity index (χ2n) is 3.44. The fourth-order valence-electron chi connectivity index (χ4n) is 1.60. The van der Waals surface area contributed by atoms with E-state index in [4.69, 9.17) is 10.5 Å². The van der Waals surface area contributed by atoms with Gasteiger partial charge in [0.2, 0.25) is 0 Å². The van der Waals surface area contributed by atoms with Gasteiger partial charge in [0.05, 0.1) is 6.61 Å². The molecule has 60 valence electrons. The molecule has 1 saturated heterocycles. The van der Waals surface area contributed by atoms with Gasteiger partial charge >= 0.3 is 0 Å². The van der Waals surface area contributed by atoms with E-state index in [9.17, 15) is 0 Å². The molecule has 2 N–H and O–H groups in total. The summed E-state index contributed by atoms with van der Waals surface area (Å²) < 4.78 is 5.24. The lowest BCUT2D eigenvalue weighted by Gasteiger charge is -2.31. The molecule has 0 unspecified atom stereocenters. The van der Waals surface area contributed by atoms with Crippen LogP contribution in [0.15, 0.2) is 0 Å². The van der Waals surface area contributed by atoms with E-state index in [1.54, 1.807) is 0 Å². The number of nitrogens with two attached hydrogens (primary N) is 1. The Bertz CT molecular complexity index is 103. The van der Waals surface area contributed by atoms with E-state index in [-0.39, 0.29) is 6.04 Å². The van der Waals surface area contributed by atoms with Crippen molar-refractivity contribution >= 4 is 0 Å². The summed E-state index contributed by atoms with van der Waals surface area (Å²) in [6, 6.07) is 0.272. The van der Waals surface area contributed by atoms with Crippen LogP contribution in [-0.2, 0) is 4.74 Å². The quantitative estimate of drug-likeness (QED) is 0.594. The van der Waals surface area contributed by atoms with Crippen molar-refractivity contribution in [1.82, 2.24) is 0 Å². The molecule has 0 saturated carbocycles. The summed E-state index contributed by atoms with van der Waals surface area (Å²) >= 11 is 0. The summed E-state index contributed by atoms with van der Waals surface area (Å²) in [5.74, 6) is 1.38. The first-order chi connectivity index (χ1) is 4.72. The fourth-order valence-corrected chi connectivity index (χ4v) is 1.60. The average molecular weight is 143 g/mol. The van der Waals surface area contributed by atoms with Crippen LogP contribution in [0.3, 0.4) is 0 Å². The number of ether oxygens (including phenoxy) is 1. The molecule has 1 rings (SSSR count). The molecule has 0 aromatic carbocycles. The molecule has 1 aliphatic rings. The fraction of sp³-hybridized carbons (Fsp3) is 1.00. The largest absolute Gasteiger partial charge is 0.380 e. The Hall–Kier alpha value is -0.0800. The molecule has 2 heteroatoms. The van der Waals surface area contributed by atoms with E-state index in [1.165, 1.54) is 0 Å². The minimum absolute atomic E-state index is 0.272. The van der Waals surface area contributed by atoms with Gasteiger partial charge in [-0.3, -0.25) is 0 Å². The summed E-state index contributed by atoms with van der Waals surface area (Å²) in [7, 11) is 0. The van der Waals surface area contributed by atoms with Crippen molar-refractivity contribution in [3.05, 3.63) is 0 Å². The van der Waals surface area contributed by atoms with Crippen molar-refractivity contribution < 1.29 is 4.74 Å². The number of hydrogen-bond donors (Lipinski definition) is 1. The van der Waals surface area contributed by atoms with Crippen LogP contribution in [-0.4, -0.2) is 19.3 Å². The highest BCUT2D eigenvalue weighted by atomic mass is 16.5. The van der Waals surface area contributed by atoms with Gasteiger partial charge in [0.15, 0.2) is 0 Å². The molecule has 2 atom stereocenters. The van der Waals surface area contributed by atoms with Gasteiger partial charge in [0.1, 0.15) is 0 Å².